The molecular formula is C34H31N6O6S2-. The minimum Gasteiger partial charge on any atom is -0.744 e. The summed E-state index contributed by atoms with van der Waals surface area (Å²) in [4.78, 5) is -0.568. The molecule has 0 saturated carbocycles. The second-order valence-corrected chi connectivity index (χ2v) is 13.9. The number of rotatable bonds is 7. The van der Waals surface area contributed by atoms with Crippen LogP contribution >= 0.6 is 0 Å². The van der Waals surface area contributed by atoms with Gasteiger partial charge in [-0.3, -0.25) is 4.55 Å². The molecule has 6 aromatic carbocycles. The van der Waals surface area contributed by atoms with E-state index in [2.05, 4.69) is 20.5 Å². The van der Waals surface area contributed by atoms with Gasteiger partial charge < -0.3 is 16.0 Å². The lowest BCUT2D eigenvalue weighted by atomic mass is 10.0. The van der Waals surface area contributed by atoms with Crippen LogP contribution in [-0.4, -0.2) is 25.9 Å². The molecule has 14 heteroatoms. The molecule has 5 N–H and O–H groups in total. The first kappa shape index (κ1) is 32.4. The Morgan fingerprint density at radius 1 is 0.583 bits per heavy atom. The molecule has 0 atom stereocenters. The molecule has 0 fully saturated rings. The molecule has 0 aliphatic carbocycles. The number of nitrogens with zero attached hydrogens (tertiary/aromatic N) is 4. The Balaban J connectivity index is 0.00000281. The van der Waals surface area contributed by atoms with Gasteiger partial charge in [-0.2, -0.15) is 18.6 Å². The highest BCUT2D eigenvalue weighted by molar-refractivity contribution is 7.86. The summed E-state index contributed by atoms with van der Waals surface area (Å²) in [5, 5.41) is 19.8. The minimum absolute atomic E-state index is 0. The molecule has 0 aliphatic heterocycles. The Hall–Kier alpha value is -5.54. The van der Waals surface area contributed by atoms with Crippen molar-refractivity contribution in [1.82, 2.24) is 0 Å². The molecule has 0 amide bonds. The fraction of sp³-hybridized carbons (Fsp3) is 0.0588. The van der Waals surface area contributed by atoms with Gasteiger partial charge >= 0.3 is 0 Å². The van der Waals surface area contributed by atoms with Crippen LogP contribution in [0.25, 0.3) is 32.7 Å². The summed E-state index contributed by atoms with van der Waals surface area (Å²) in [5.74, 6) is 0. The number of hydrogen-bond donors (Lipinski definition) is 3. The summed E-state index contributed by atoms with van der Waals surface area (Å²) >= 11 is 0. The molecule has 0 bridgehead atoms. The van der Waals surface area contributed by atoms with Crippen LogP contribution in [0.3, 0.4) is 0 Å². The fourth-order valence-corrected chi connectivity index (χ4v) is 6.28. The van der Waals surface area contributed by atoms with Gasteiger partial charge in [-0.25, -0.2) is 8.42 Å². The number of fused-ring (bicyclic) bond motifs is 2. The lowest BCUT2D eigenvalue weighted by Crippen LogP contribution is -1.98. The monoisotopic (exact) mass is 683 g/mol. The number of nitrogens with two attached hydrogens (primary N) is 2. The molecule has 0 spiro atoms. The van der Waals surface area contributed by atoms with Gasteiger partial charge in [0.05, 0.1) is 32.5 Å². The van der Waals surface area contributed by atoms with E-state index in [9.17, 15) is 25.9 Å². The zero-order chi connectivity index (χ0) is 34.4. The molecule has 6 aromatic rings. The molecule has 0 unspecified atom stereocenters. The van der Waals surface area contributed by atoms with Crippen LogP contribution < -0.4 is 11.5 Å². The first-order valence-corrected chi connectivity index (χ1v) is 17.2. The van der Waals surface area contributed by atoms with Crippen molar-refractivity contribution in [1.29, 1.82) is 0 Å². The van der Waals surface area contributed by atoms with Crippen LogP contribution in [0.5, 0.6) is 0 Å². The number of benzene rings is 6. The van der Waals surface area contributed by atoms with Crippen molar-refractivity contribution in [2.75, 3.05) is 11.5 Å². The summed E-state index contributed by atoms with van der Waals surface area (Å²) in [6.45, 7) is 3.81. The van der Waals surface area contributed by atoms with E-state index in [0.717, 1.165) is 22.3 Å². The van der Waals surface area contributed by atoms with Gasteiger partial charge in [0.2, 0.25) is 0 Å². The quantitative estimate of drug-likeness (QED) is 0.0837. The van der Waals surface area contributed by atoms with Crippen LogP contribution in [0.2, 0.25) is 0 Å². The minimum atomic E-state index is -4.61. The fourth-order valence-electron chi connectivity index (χ4n) is 5.26. The second-order valence-electron chi connectivity index (χ2n) is 11.1. The summed E-state index contributed by atoms with van der Waals surface area (Å²) in [6, 6.07) is 26.0. The van der Waals surface area contributed by atoms with Crippen LogP contribution in [0.1, 0.15) is 14.0 Å². The summed E-state index contributed by atoms with van der Waals surface area (Å²) < 4.78 is 66.9. The molecular weight excluding hydrogens is 653 g/mol. The van der Waals surface area contributed by atoms with Crippen molar-refractivity contribution >= 4 is 75.9 Å². The van der Waals surface area contributed by atoms with Crippen molar-refractivity contribution in [3.05, 3.63) is 108 Å². The Morgan fingerprint density at radius 3 is 1.44 bits per heavy atom. The van der Waals surface area contributed by atoms with E-state index >= 15 is 0 Å². The molecule has 0 aromatic heterocycles. The van der Waals surface area contributed by atoms with E-state index in [1.807, 2.05) is 50.2 Å². The van der Waals surface area contributed by atoms with E-state index in [1.54, 1.807) is 24.3 Å². The van der Waals surface area contributed by atoms with Gasteiger partial charge in [0.25, 0.3) is 10.1 Å². The average molecular weight is 684 g/mol. The highest BCUT2D eigenvalue weighted by Crippen LogP contribution is 2.38. The van der Waals surface area contributed by atoms with Crippen molar-refractivity contribution in [2.45, 2.75) is 23.6 Å². The first-order chi connectivity index (χ1) is 22.7. The van der Waals surface area contributed by atoms with Gasteiger partial charge in [-0.1, -0.05) is 36.4 Å². The number of aryl methyl sites for hydroxylation is 2. The van der Waals surface area contributed by atoms with Crippen LogP contribution in [0.4, 0.5) is 34.1 Å². The van der Waals surface area contributed by atoms with E-state index in [4.69, 9.17) is 11.5 Å². The summed E-state index contributed by atoms with van der Waals surface area (Å²) in [7, 11) is -8.97. The zero-order valence-corrected chi connectivity index (χ0v) is 27.1. The summed E-state index contributed by atoms with van der Waals surface area (Å²) in [6.07, 6.45) is 0. The lowest BCUT2D eigenvalue weighted by molar-refractivity contribution is 0.463. The predicted molar refractivity (Wildman–Crippen MR) is 188 cm³/mol. The molecule has 246 valence electrons. The first-order valence-electron chi connectivity index (χ1n) is 14.3. The molecule has 6 rings (SSSR count). The van der Waals surface area contributed by atoms with Crippen molar-refractivity contribution < 1.29 is 28.8 Å². The predicted octanol–water partition coefficient (Wildman–Crippen LogP) is 8.91. The maximum atomic E-state index is 11.6. The van der Waals surface area contributed by atoms with Gasteiger partial charge in [-0.05, 0) is 108 Å². The largest absolute Gasteiger partial charge is 0.744 e. The number of anilines is 2. The highest BCUT2D eigenvalue weighted by Gasteiger charge is 2.13. The highest BCUT2D eigenvalue weighted by atomic mass is 32.2. The number of hydrogen-bond acceptors (Lipinski definition) is 11. The third-order valence-corrected chi connectivity index (χ3v) is 9.50. The maximum Gasteiger partial charge on any atom is 0.294 e. The maximum absolute atomic E-state index is 11.6. The van der Waals surface area contributed by atoms with E-state index in [-0.39, 0.29) is 12.6 Å². The van der Waals surface area contributed by atoms with E-state index in [1.165, 1.54) is 36.4 Å². The van der Waals surface area contributed by atoms with Gasteiger partial charge in [0, 0.05) is 13.6 Å². The Kier molecular flexibility index (Phi) is 8.26. The Labute approximate surface area is 278 Å². The third-order valence-electron chi connectivity index (χ3n) is 7.82. The van der Waals surface area contributed by atoms with E-state index < -0.39 is 20.2 Å². The van der Waals surface area contributed by atoms with Gasteiger partial charge in [0.1, 0.15) is 21.5 Å². The van der Waals surface area contributed by atoms with Crippen molar-refractivity contribution in [2.24, 2.45) is 20.5 Å². The normalized spacial score (nSPS) is 12.5. The Morgan fingerprint density at radius 2 is 1.02 bits per heavy atom. The van der Waals surface area contributed by atoms with Crippen LogP contribution in [0, 0.1) is 13.8 Å². The van der Waals surface area contributed by atoms with Crippen molar-refractivity contribution in [3.63, 3.8) is 0 Å². The van der Waals surface area contributed by atoms with E-state index in [0.29, 0.717) is 55.7 Å². The average Bonchev–Trinajstić information content (AvgIpc) is 3.03. The smallest absolute Gasteiger partial charge is 0.294 e. The number of azo groups is 2. The molecule has 0 radical (unpaired) electrons. The summed E-state index contributed by atoms with van der Waals surface area (Å²) in [5.41, 5.74) is 18.6. The number of nitrogen functional groups attached to an aromatic ring is 2. The SMILES string of the molecule is Cc1cc(-c2ccc(N=Nc3c(N)ccc4cc(S(=O)(=O)O)ccc34)c(C)c2)ccc1N=Nc1c(N)ccc2cc(S(=O)(=O)[O-])ccc12.[HH].[HH]. The standard InChI is InChI=1S/C34H28N6O6S2.2H2/c1-19-15-21(5-13-31(19)37-39-33-27-9-7-25(47(41,42)43)17-23(27)3-11-29(33)35)22-6-14-32(20(2)16-22)38-40-34-28-10-8-26(48(44,45)46)18-24(28)4-12-30(34)36;;/h3-18H,35-36H2,1-2H3,(H,41,42,43)(H,44,45,46);2*1H/p-1. The third kappa shape index (κ3) is 6.50. The molecule has 0 aliphatic rings. The molecule has 48 heavy (non-hydrogen) atoms. The molecule has 0 saturated heterocycles. The lowest BCUT2D eigenvalue weighted by Gasteiger charge is -2.10. The molecule has 12 nitrogen and oxygen atoms in total. The second kappa shape index (κ2) is 12.2. The van der Waals surface area contributed by atoms with Crippen molar-refractivity contribution in [3.8, 4) is 11.1 Å². The van der Waals surface area contributed by atoms with Crippen LogP contribution in [-0.2, 0) is 20.2 Å². The Bertz CT molecular complexity index is 2400. The molecule has 0 heterocycles. The van der Waals surface area contributed by atoms with Crippen LogP contribution in [0.15, 0.2) is 127 Å². The zero-order valence-electron chi connectivity index (χ0n) is 25.5. The van der Waals surface area contributed by atoms with Gasteiger partial charge in [0.15, 0.2) is 0 Å². The topological polar surface area (TPSA) is 213 Å². The van der Waals surface area contributed by atoms with Gasteiger partial charge in [-0.15, -0.1) is 10.2 Å².